The molecule has 0 aliphatic heterocycles. The average Bonchev–Trinajstić information content (AvgIpc) is 3.04. The Labute approximate surface area is 141 Å². The van der Waals surface area contributed by atoms with Crippen molar-refractivity contribution in [3.05, 3.63) is 75.6 Å². The Bertz CT molecular complexity index is 908. The lowest BCUT2D eigenvalue weighted by Gasteiger charge is -1.99. The molecule has 1 N–H and O–H groups in total. The summed E-state index contributed by atoms with van der Waals surface area (Å²) in [7, 11) is 0. The van der Waals surface area contributed by atoms with Crippen molar-refractivity contribution in [2.45, 2.75) is 0 Å². The Balaban J connectivity index is 1.74. The number of hydrogen-bond donors (Lipinski definition) is 1. The molecule has 0 spiro atoms. The first kappa shape index (κ1) is 15.7. The Morgan fingerprint density at radius 2 is 2.12 bits per heavy atom. The van der Waals surface area contributed by atoms with Gasteiger partial charge in [-0.15, -0.1) is 0 Å². The molecular formula is C16H11ClN4O3. The summed E-state index contributed by atoms with van der Waals surface area (Å²) in [6.45, 7) is 0. The molecule has 0 aliphatic rings. The van der Waals surface area contributed by atoms with E-state index in [0.29, 0.717) is 16.5 Å². The average molecular weight is 343 g/mol. The van der Waals surface area contributed by atoms with Gasteiger partial charge in [-0.2, -0.15) is 5.10 Å². The number of benzene rings is 1. The standard InChI is InChI=1S/C16H11ClN4O3/c17-12-4-1-3-11(9-12)15-7-6-13(24-15)10-19-20-16-14(21(22)23)5-2-8-18-16/h1-10H,(H,18,20)/b19-10-. The van der Waals surface area contributed by atoms with Gasteiger partial charge < -0.3 is 4.42 Å². The van der Waals surface area contributed by atoms with E-state index in [1.54, 1.807) is 24.3 Å². The van der Waals surface area contributed by atoms with Gasteiger partial charge in [0, 0.05) is 22.8 Å². The van der Waals surface area contributed by atoms with Gasteiger partial charge in [0.05, 0.1) is 11.1 Å². The van der Waals surface area contributed by atoms with Crippen LogP contribution in [0.15, 0.2) is 64.2 Å². The van der Waals surface area contributed by atoms with E-state index in [4.69, 9.17) is 16.0 Å². The molecule has 120 valence electrons. The summed E-state index contributed by atoms with van der Waals surface area (Å²) in [6.07, 6.45) is 2.85. The molecule has 0 amide bonds. The van der Waals surface area contributed by atoms with Gasteiger partial charge in [0.25, 0.3) is 0 Å². The zero-order chi connectivity index (χ0) is 16.9. The van der Waals surface area contributed by atoms with Crippen LogP contribution in [0.5, 0.6) is 0 Å². The van der Waals surface area contributed by atoms with E-state index in [9.17, 15) is 10.1 Å². The maximum atomic E-state index is 10.9. The van der Waals surface area contributed by atoms with Gasteiger partial charge in [-0.25, -0.2) is 4.98 Å². The van der Waals surface area contributed by atoms with E-state index in [1.165, 1.54) is 24.5 Å². The molecule has 3 aromatic rings. The number of pyridine rings is 1. The lowest BCUT2D eigenvalue weighted by molar-refractivity contribution is -0.384. The number of hydrazone groups is 1. The number of rotatable bonds is 5. The highest BCUT2D eigenvalue weighted by molar-refractivity contribution is 6.30. The monoisotopic (exact) mass is 342 g/mol. The second-order valence-corrected chi connectivity index (χ2v) is 5.15. The Kier molecular flexibility index (Phi) is 4.53. The van der Waals surface area contributed by atoms with Crippen LogP contribution in [0.3, 0.4) is 0 Å². The highest BCUT2D eigenvalue weighted by atomic mass is 35.5. The van der Waals surface area contributed by atoms with Crippen molar-refractivity contribution < 1.29 is 9.34 Å². The molecule has 0 radical (unpaired) electrons. The van der Waals surface area contributed by atoms with Crippen LogP contribution >= 0.6 is 11.6 Å². The van der Waals surface area contributed by atoms with Gasteiger partial charge >= 0.3 is 5.69 Å². The SMILES string of the molecule is O=[N+]([O-])c1cccnc1N/N=C\c1ccc(-c2cccc(Cl)c2)o1. The number of anilines is 1. The smallest absolute Gasteiger partial charge is 0.313 e. The van der Waals surface area contributed by atoms with Gasteiger partial charge in [0.1, 0.15) is 11.5 Å². The maximum Gasteiger partial charge on any atom is 0.313 e. The van der Waals surface area contributed by atoms with Crippen molar-refractivity contribution in [2.24, 2.45) is 5.10 Å². The van der Waals surface area contributed by atoms with E-state index in [2.05, 4.69) is 15.5 Å². The minimum atomic E-state index is -0.533. The van der Waals surface area contributed by atoms with Crippen LogP contribution < -0.4 is 5.43 Å². The van der Waals surface area contributed by atoms with E-state index < -0.39 is 4.92 Å². The van der Waals surface area contributed by atoms with Gasteiger partial charge in [-0.05, 0) is 30.3 Å². The molecule has 0 fully saturated rings. The van der Waals surface area contributed by atoms with Crippen LogP contribution in [0.4, 0.5) is 11.5 Å². The summed E-state index contributed by atoms with van der Waals surface area (Å²) in [6, 6.07) is 13.6. The maximum absolute atomic E-state index is 10.9. The molecule has 0 bridgehead atoms. The second-order valence-electron chi connectivity index (χ2n) is 4.71. The number of halogens is 1. The number of nitrogens with one attached hydrogen (secondary N) is 1. The molecule has 0 saturated heterocycles. The van der Waals surface area contributed by atoms with Crippen LogP contribution in [-0.4, -0.2) is 16.1 Å². The first-order valence-corrected chi connectivity index (χ1v) is 7.25. The minimum absolute atomic E-state index is 0.0559. The number of nitrogens with zero attached hydrogens (tertiary/aromatic N) is 3. The van der Waals surface area contributed by atoms with E-state index in [1.807, 2.05) is 12.1 Å². The summed E-state index contributed by atoms with van der Waals surface area (Å²) >= 11 is 5.95. The predicted molar refractivity (Wildman–Crippen MR) is 91.3 cm³/mol. The fourth-order valence-electron chi connectivity index (χ4n) is 2.01. The summed E-state index contributed by atoms with van der Waals surface area (Å²) in [4.78, 5) is 14.2. The lowest BCUT2D eigenvalue weighted by Crippen LogP contribution is -1.98. The predicted octanol–water partition coefficient (Wildman–Crippen LogP) is 4.35. The molecule has 3 rings (SSSR count). The van der Waals surface area contributed by atoms with Crippen molar-refractivity contribution in [2.75, 3.05) is 5.43 Å². The molecule has 1 aromatic carbocycles. The van der Waals surface area contributed by atoms with Crippen LogP contribution in [0.2, 0.25) is 5.02 Å². The molecule has 0 saturated carbocycles. The fraction of sp³-hybridized carbons (Fsp3) is 0. The van der Waals surface area contributed by atoms with Gasteiger partial charge in [0.15, 0.2) is 0 Å². The molecule has 24 heavy (non-hydrogen) atoms. The highest BCUT2D eigenvalue weighted by Gasteiger charge is 2.13. The molecule has 2 aromatic heterocycles. The third-order valence-corrected chi connectivity index (χ3v) is 3.32. The molecule has 7 nitrogen and oxygen atoms in total. The van der Waals surface area contributed by atoms with E-state index >= 15 is 0 Å². The third kappa shape index (κ3) is 3.58. The summed E-state index contributed by atoms with van der Waals surface area (Å²) < 4.78 is 5.64. The first-order valence-electron chi connectivity index (χ1n) is 6.88. The molecular weight excluding hydrogens is 332 g/mol. The summed E-state index contributed by atoms with van der Waals surface area (Å²) in [5, 5.41) is 15.4. The highest BCUT2D eigenvalue weighted by Crippen LogP contribution is 2.24. The topological polar surface area (TPSA) is 93.6 Å². The summed E-state index contributed by atoms with van der Waals surface area (Å²) in [5.74, 6) is 1.18. The van der Waals surface area contributed by atoms with E-state index in [-0.39, 0.29) is 11.5 Å². The van der Waals surface area contributed by atoms with Crippen LogP contribution in [0.1, 0.15) is 5.76 Å². The molecule has 2 heterocycles. The van der Waals surface area contributed by atoms with Crippen molar-refractivity contribution in [1.29, 1.82) is 0 Å². The zero-order valence-electron chi connectivity index (χ0n) is 12.2. The van der Waals surface area contributed by atoms with Crippen molar-refractivity contribution in [1.82, 2.24) is 4.98 Å². The quantitative estimate of drug-likeness (QED) is 0.422. The first-order chi connectivity index (χ1) is 11.6. The zero-order valence-corrected chi connectivity index (χ0v) is 13.0. The Morgan fingerprint density at radius 3 is 2.92 bits per heavy atom. The number of furan rings is 1. The van der Waals surface area contributed by atoms with Gasteiger partial charge in [0.2, 0.25) is 5.82 Å². The van der Waals surface area contributed by atoms with E-state index in [0.717, 1.165) is 5.56 Å². The molecule has 0 aliphatic carbocycles. The van der Waals surface area contributed by atoms with Crippen LogP contribution in [0.25, 0.3) is 11.3 Å². The minimum Gasteiger partial charge on any atom is -0.455 e. The lowest BCUT2D eigenvalue weighted by atomic mass is 10.2. The van der Waals surface area contributed by atoms with Crippen LogP contribution in [0, 0.1) is 10.1 Å². The van der Waals surface area contributed by atoms with Crippen molar-refractivity contribution >= 4 is 29.3 Å². The van der Waals surface area contributed by atoms with Gasteiger partial charge in [-0.1, -0.05) is 23.7 Å². The molecule has 8 heteroatoms. The Hall–Kier alpha value is -3.19. The fourth-order valence-corrected chi connectivity index (χ4v) is 2.20. The normalized spacial score (nSPS) is 10.9. The Morgan fingerprint density at radius 1 is 1.25 bits per heavy atom. The number of nitro groups is 1. The van der Waals surface area contributed by atoms with Crippen LogP contribution in [-0.2, 0) is 0 Å². The molecule has 0 atom stereocenters. The number of hydrogen-bond acceptors (Lipinski definition) is 6. The van der Waals surface area contributed by atoms with Crippen molar-refractivity contribution in [3.8, 4) is 11.3 Å². The number of aromatic nitrogens is 1. The van der Waals surface area contributed by atoms with Gasteiger partial charge in [-0.3, -0.25) is 15.5 Å². The largest absolute Gasteiger partial charge is 0.455 e. The third-order valence-electron chi connectivity index (χ3n) is 3.08. The second kappa shape index (κ2) is 6.93. The summed E-state index contributed by atoms with van der Waals surface area (Å²) in [5.41, 5.74) is 3.22. The molecule has 0 unspecified atom stereocenters. The van der Waals surface area contributed by atoms with Crippen molar-refractivity contribution in [3.63, 3.8) is 0 Å².